The second-order valence-electron chi connectivity index (χ2n) is 2.71. The Kier molecular flexibility index (Phi) is 4.80. The number of hydrogen-bond acceptors (Lipinski definition) is 1. The van der Waals surface area contributed by atoms with E-state index in [4.69, 9.17) is 0 Å². The van der Waals surface area contributed by atoms with E-state index in [1.807, 2.05) is 0 Å². The molecule has 0 aliphatic carbocycles. The molecule has 0 bridgehead atoms. The molecule has 0 spiro atoms. The lowest BCUT2D eigenvalue weighted by atomic mass is 10.2. The van der Waals surface area contributed by atoms with Crippen LogP contribution in [0.5, 0.6) is 0 Å². The van der Waals surface area contributed by atoms with Gasteiger partial charge in [0.2, 0.25) is 0 Å². The van der Waals surface area contributed by atoms with E-state index in [2.05, 4.69) is 9.83 Å². The zero-order valence-corrected chi connectivity index (χ0v) is 10.1. The molecule has 1 N–H and O–H groups in total. The molecular formula is C10H10F2INO. The molecule has 0 atom stereocenters. The van der Waals surface area contributed by atoms with Crippen molar-refractivity contribution in [3.05, 3.63) is 33.1 Å². The summed E-state index contributed by atoms with van der Waals surface area (Å²) in [7, 11) is 0. The molecule has 0 radical (unpaired) electrons. The van der Waals surface area contributed by atoms with Crippen LogP contribution in [0.3, 0.4) is 0 Å². The number of halogens is 3. The minimum Gasteiger partial charge on any atom is -0.349 e. The van der Waals surface area contributed by atoms with Crippen molar-refractivity contribution in [3.8, 4) is 0 Å². The zero-order chi connectivity index (χ0) is 11.3. The molecule has 0 saturated carbocycles. The van der Waals surface area contributed by atoms with Crippen LogP contribution in [0.1, 0.15) is 10.4 Å². The van der Waals surface area contributed by atoms with E-state index < -0.39 is 39.1 Å². The second-order valence-corrected chi connectivity index (χ2v) is 4.63. The van der Waals surface area contributed by atoms with Gasteiger partial charge in [-0.25, -0.2) is 8.78 Å². The smallest absolute Gasteiger partial charge is 0.251 e. The van der Waals surface area contributed by atoms with Crippen LogP contribution >= 0.6 is 20.7 Å². The Labute approximate surface area is 96.4 Å². The van der Waals surface area contributed by atoms with E-state index in [1.54, 1.807) is 6.07 Å². The Hall–Kier alpha value is -0.850. The molecular weight excluding hydrogens is 315 g/mol. The van der Waals surface area contributed by atoms with E-state index in [-0.39, 0.29) is 12.1 Å². The lowest BCUT2D eigenvalue weighted by molar-refractivity contribution is 0.0950. The second kappa shape index (κ2) is 5.89. The predicted molar refractivity (Wildman–Crippen MR) is 64.5 cm³/mol. The van der Waals surface area contributed by atoms with Crippen molar-refractivity contribution in [2.75, 3.05) is 13.2 Å². The van der Waals surface area contributed by atoms with Crippen LogP contribution in [0.2, 0.25) is 0 Å². The third kappa shape index (κ3) is 3.33. The number of rotatable bonds is 4. The van der Waals surface area contributed by atoms with Crippen molar-refractivity contribution in [3.63, 3.8) is 0 Å². The highest BCUT2D eigenvalue weighted by Gasteiger charge is 2.07. The van der Waals surface area contributed by atoms with Crippen LogP contribution in [-0.4, -0.2) is 23.6 Å². The molecule has 2 nitrogen and oxygen atoms in total. The fraction of sp³-hybridized carbons (Fsp3) is 0.200. The third-order valence-electron chi connectivity index (χ3n) is 1.71. The van der Waals surface area contributed by atoms with Gasteiger partial charge in [-0.3, -0.25) is 4.79 Å². The van der Waals surface area contributed by atoms with Crippen molar-refractivity contribution in [2.45, 2.75) is 0 Å². The number of carbonyl (C=O) groups is 1. The molecule has 0 heterocycles. The molecule has 82 valence electrons. The van der Waals surface area contributed by atoms with Crippen LogP contribution in [-0.2, 0) is 0 Å². The average Bonchev–Trinajstić information content (AvgIpc) is 2.25. The Morgan fingerprint density at radius 3 is 2.80 bits per heavy atom. The predicted octanol–water partition coefficient (Wildman–Crippen LogP) is 2.10. The SMILES string of the molecule is C=Ic1ccc(C(=O)NCCF)cc1F. The molecule has 15 heavy (non-hydrogen) atoms. The summed E-state index contributed by atoms with van der Waals surface area (Å²) in [5, 5.41) is 2.33. The average molecular weight is 325 g/mol. The first kappa shape index (κ1) is 12.2. The largest absolute Gasteiger partial charge is 0.349 e. The van der Waals surface area contributed by atoms with Gasteiger partial charge >= 0.3 is 0 Å². The summed E-state index contributed by atoms with van der Waals surface area (Å²) >= 11 is -0.573. The molecule has 0 unspecified atom stereocenters. The van der Waals surface area contributed by atoms with Crippen LogP contribution in [0.15, 0.2) is 18.2 Å². The first-order valence-corrected chi connectivity index (χ1v) is 6.81. The summed E-state index contributed by atoms with van der Waals surface area (Å²) in [4.78, 5) is 11.3. The quantitative estimate of drug-likeness (QED) is 0.844. The molecule has 1 aromatic rings. The van der Waals surface area contributed by atoms with Gasteiger partial charge in [-0.1, -0.05) is 25.2 Å². The number of nitrogens with one attached hydrogen (secondary N) is 1. The first-order valence-electron chi connectivity index (χ1n) is 4.21. The van der Waals surface area contributed by atoms with Crippen LogP contribution in [0, 0.1) is 9.39 Å². The molecule has 0 saturated heterocycles. The summed E-state index contributed by atoms with van der Waals surface area (Å²) in [6.45, 7) is -0.679. The van der Waals surface area contributed by atoms with Gasteiger partial charge in [0, 0.05) is 15.7 Å². The van der Waals surface area contributed by atoms with Crippen molar-refractivity contribution >= 4 is 31.2 Å². The minimum atomic E-state index is -0.628. The van der Waals surface area contributed by atoms with Gasteiger partial charge in [0.05, 0.1) is 0 Å². The third-order valence-corrected chi connectivity index (χ3v) is 3.40. The highest BCUT2D eigenvalue weighted by Crippen LogP contribution is 2.15. The number of alkyl halides is 1. The summed E-state index contributed by atoms with van der Waals surface area (Å²) in [5.74, 6) is -0.869. The lowest BCUT2D eigenvalue weighted by Gasteiger charge is -2.03. The molecule has 5 heteroatoms. The molecule has 0 aliphatic rings. The number of amides is 1. The Bertz CT molecular complexity index is 382. The summed E-state index contributed by atoms with van der Waals surface area (Å²) in [6, 6.07) is 4.24. The fourth-order valence-corrected chi connectivity index (χ4v) is 1.96. The molecule has 1 amide bonds. The van der Waals surface area contributed by atoms with Crippen LogP contribution in [0.25, 0.3) is 0 Å². The standard InChI is InChI=1S/C10H10F2INO/c1-13-9-3-2-7(6-8(9)12)10(15)14-5-4-11/h2-3,6H,1,4-5H2,(H,14,15). The van der Waals surface area contributed by atoms with Gasteiger partial charge in [-0.05, 0) is 18.2 Å². The minimum absolute atomic E-state index is 0.0511. The van der Waals surface area contributed by atoms with Gasteiger partial charge in [-0.15, -0.1) is 0 Å². The number of hydrogen-bond donors (Lipinski definition) is 1. The fourth-order valence-electron chi connectivity index (χ4n) is 1.01. The topological polar surface area (TPSA) is 29.1 Å². The van der Waals surface area contributed by atoms with E-state index in [0.29, 0.717) is 3.57 Å². The van der Waals surface area contributed by atoms with E-state index in [9.17, 15) is 13.6 Å². The first-order chi connectivity index (χ1) is 7.19. The van der Waals surface area contributed by atoms with Crippen molar-refractivity contribution in [1.82, 2.24) is 5.32 Å². The van der Waals surface area contributed by atoms with Crippen molar-refractivity contribution in [1.29, 1.82) is 0 Å². The van der Waals surface area contributed by atoms with Crippen molar-refractivity contribution < 1.29 is 13.6 Å². The van der Waals surface area contributed by atoms with Gasteiger partial charge in [0.25, 0.3) is 5.91 Å². The monoisotopic (exact) mass is 325 g/mol. The van der Waals surface area contributed by atoms with Gasteiger partial charge in [-0.2, -0.15) is 0 Å². The van der Waals surface area contributed by atoms with E-state index >= 15 is 0 Å². The Morgan fingerprint density at radius 2 is 2.27 bits per heavy atom. The van der Waals surface area contributed by atoms with Gasteiger partial charge in [0.15, 0.2) is 0 Å². The van der Waals surface area contributed by atoms with Crippen LogP contribution < -0.4 is 5.32 Å². The normalized spacial score (nSPS) is 10.0. The van der Waals surface area contributed by atoms with E-state index in [1.165, 1.54) is 6.07 Å². The van der Waals surface area contributed by atoms with Crippen LogP contribution in [0.4, 0.5) is 8.78 Å². The maximum atomic E-state index is 13.3. The number of benzene rings is 1. The van der Waals surface area contributed by atoms with Gasteiger partial charge < -0.3 is 5.32 Å². The highest BCUT2D eigenvalue weighted by molar-refractivity contribution is 14.2. The highest BCUT2D eigenvalue weighted by atomic mass is 127. The van der Waals surface area contributed by atoms with E-state index in [0.717, 1.165) is 6.07 Å². The lowest BCUT2D eigenvalue weighted by Crippen LogP contribution is -2.25. The Morgan fingerprint density at radius 1 is 1.53 bits per heavy atom. The zero-order valence-electron chi connectivity index (χ0n) is 7.90. The van der Waals surface area contributed by atoms with Crippen molar-refractivity contribution in [2.24, 2.45) is 0 Å². The maximum absolute atomic E-state index is 13.3. The molecule has 1 rings (SSSR count). The molecule has 0 aromatic heterocycles. The van der Waals surface area contributed by atoms with Gasteiger partial charge in [0.1, 0.15) is 12.5 Å². The molecule has 0 aliphatic heterocycles. The summed E-state index contributed by atoms with van der Waals surface area (Å²) in [5.41, 5.74) is 0.210. The summed E-state index contributed by atoms with van der Waals surface area (Å²) in [6.07, 6.45) is 0. The Balaban J connectivity index is 2.82. The number of carbonyl (C=O) groups excluding carboxylic acids is 1. The summed E-state index contributed by atoms with van der Waals surface area (Å²) < 4.78 is 29.3. The molecule has 0 fully saturated rings. The molecule has 1 aromatic carbocycles. The maximum Gasteiger partial charge on any atom is 0.251 e.